The first-order valence-electron chi connectivity index (χ1n) is 6.16. The third-order valence-corrected chi connectivity index (χ3v) is 4.22. The van der Waals surface area contributed by atoms with Gasteiger partial charge in [-0.2, -0.15) is 5.10 Å². The van der Waals surface area contributed by atoms with Crippen LogP contribution in [0.3, 0.4) is 0 Å². The smallest absolute Gasteiger partial charge is 0.336 e. The van der Waals surface area contributed by atoms with Crippen LogP contribution in [0.15, 0.2) is 23.8 Å². The molecule has 6 nitrogen and oxygen atoms in total. The molecule has 7 heteroatoms. The summed E-state index contributed by atoms with van der Waals surface area (Å²) in [6.45, 7) is 0. The number of hydrogen-bond acceptors (Lipinski definition) is 4. The Morgan fingerprint density at radius 2 is 2.35 bits per heavy atom. The van der Waals surface area contributed by atoms with Gasteiger partial charge in [-0.1, -0.05) is 0 Å². The molecule has 2 aromatic heterocycles. The molecule has 1 fully saturated rings. The van der Waals surface area contributed by atoms with E-state index in [-0.39, 0.29) is 23.3 Å². The van der Waals surface area contributed by atoms with Crippen molar-refractivity contribution in [1.82, 2.24) is 9.78 Å². The second-order valence-corrected chi connectivity index (χ2v) is 5.80. The fraction of sp³-hybridized carbons (Fsp3) is 0.308. The zero-order valence-corrected chi connectivity index (χ0v) is 11.6. The monoisotopic (exact) mass is 291 g/mol. The highest BCUT2D eigenvalue weighted by molar-refractivity contribution is 7.14. The molecule has 2 N–H and O–H groups in total. The molecule has 0 bridgehead atoms. The number of carboxylic acids is 1. The summed E-state index contributed by atoms with van der Waals surface area (Å²) in [6, 6.07) is 1.48. The van der Waals surface area contributed by atoms with Crippen molar-refractivity contribution in [2.45, 2.75) is 12.3 Å². The molecule has 0 saturated heterocycles. The molecule has 2 atom stereocenters. The summed E-state index contributed by atoms with van der Waals surface area (Å²) in [4.78, 5) is 22.8. The van der Waals surface area contributed by atoms with Gasteiger partial charge in [0.2, 0.25) is 5.91 Å². The Kier molecular flexibility index (Phi) is 3.06. The lowest BCUT2D eigenvalue weighted by atomic mass is 10.2. The maximum atomic E-state index is 12.1. The number of nitrogens with one attached hydrogen (secondary N) is 1. The average molecular weight is 291 g/mol. The fourth-order valence-electron chi connectivity index (χ4n) is 2.21. The quantitative estimate of drug-likeness (QED) is 0.901. The lowest BCUT2D eigenvalue weighted by Crippen LogP contribution is -2.13. The van der Waals surface area contributed by atoms with E-state index in [4.69, 9.17) is 5.11 Å². The molecule has 2 heterocycles. The maximum Gasteiger partial charge on any atom is 0.336 e. The predicted molar refractivity (Wildman–Crippen MR) is 74.0 cm³/mol. The molecule has 1 saturated carbocycles. The summed E-state index contributed by atoms with van der Waals surface area (Å²) in [5, 5.41) is 17.8. The van der Waals surface area contributed by atoms with E-state index in [1.165, 1.54) is 22.8 Å². The lowest BCUT2D eigenvalue weighted by Gasteiger charge is -2.00. The van der Waals surface area contributed by atoms with E-state index in [9.17, 15) is 9.59 Å². The standard InChI is InChI=1S/C13H13N3O3S/c1-16-5-8(4-14-16)9-3-10(9)12(17)15-11-2-7(6-20-11)13(18)19/h2,4-6,9-10H,3H2,1H3,(H,15,17)(H,18,19). The van der Waals surface area contributed by atoms with Crippen molar-refractivity contribution in [2.75, 3.05) is 5.32 Å². The van der Waals surface area contributed by atoms with Crippen molar-refractivity contribution < 1.29 is 14.7 Å². The Hall–Kier alpha value is -2.15. The minimum Gasteiger partial charge on any atom is -0.478 e. The summed E-state index contributed by atoms with van der Waals surface area (Å²) in [5.74, 6) is -0.865. The van der Waals surface area contributed by atoms with Gasteiger partial charge in [0, 0.05) is 24.5 Å². The Bertz CT molecular complexity index is 676. The number of anilines is 1. The lowest BCUT2D eigenvalue weighted by molar-refractivity contribution is -0.117. The van der Waals surface area contributed by atoms with Crippen molar-refractivity contribution >= 4 is 28.2 Å². The first kappa shape index (κ1) is 12.9. The van der Waals surface area contributed by atoms with Crippen LogP contribution in [0.25, 0.3) is 0 Å². The van der Waals surface area contributed by atoms with Gasteiger partial charge in [0.15, 0.2) is 0 Å². The molecule has 0 aliphatic heterocycles. The number of amides is 1. The Morgan fingerprint density at radius 3 is 2.95 bits per heavy atom. The molecular weight excluding hydrogens is 278 g/mol. The summed E-state index contributed by atoms with van der Waals surface area (Å²) >= 11 is 1.22. The van der Waals surface area contributed by atoms with Crippen molar-refractivity contribution in [1.29, 1.82) is 0 Å². The van der Waals surface area contributed by atoms with Crippen LogP contribution in [0.2, 0.25) is 0 Å². The number of carbonyl (C=O) groups excluding carboxylic acids is 1. The summed E-state index contributed by atoms with van der Waals surface area (Å²) < 4.78 is 1.72. The van der Waals surface area contributed by atoms with Gasteiger partial charge in [0.1, 0.15) is 0 Å². The third-order valence-electron chi connectivity index (χ3n) is 3.37. The van der Waals surface area contributed by atoms with Gasteiger partial charge in [-0.05, 0) is 24.0 Å². The molecule has 0 aromatic carbocycles. The molecule has 104 valence electrons. The maximum absolute atomic E-state index is 12.1. The number of carboxylic acid groups (broad SMARTS) is 1. The van der Waals surface area contributed by atoms with Gasteiger partial charge in [0.05, 0.1) is 16.8 Å². The minimum absolute atomic E-state index is 0.0467. The van der Waals surface area contributed by atoms with E-state index in [2.05, 4.69) is 10.4 Å². The number of aromatic nitrogens is 2. The van der Waals surface area contributed by atoms with Crippen LogP contribution in [0.1, 0.15) is 28.3 Å². The molecule has 2 unspecified atom stereocenters. The zero-order valence-electron chi connectivity index (χ0n) is 10.7. The van der Waals surface area contributed by atoms with Crippen LogP contribution in [0, 0.1) is 5.92 Å². The Balaban J connectivity index is 1.62. The highest BCUT2D eigenvalue weighted by Crippen LogP contribution is 2.47. The van der Waals surface area contributed by atoms with E-state index in [1.807, 2.05) is 13.2 Å². The molecular formula is C13H13N3O3S. The van der Waals surface area contributed by atoms with Gasteiger partial charge in [-0.3, -0.25) is 9.48 Å². The van der Waals surface area contributed by atoms with E-state index < -0.39 is 5.97 Å². The second-order valence-electron chi connectivity index (χ2n) is 4.89. The van der Waals surface area contributed by atoms with E-state index in [0.717, 1.165) is 12.0 Å². The van der Waals surface area contributed by atoms with Crippen LogP contribution in [0.5, 0.6) is 0 Å². The average Bonchev–Trinajstić information content (AvgIpc) is 2.85. The number of thiophene rings is 1. The number of aromatic carboxylic acids is 1. The second kappa shape index (κ2) is 4.75. The van der Waals surface area contributed by atoms with Crippen LogP contribution >= 0.6 is 11.3 Å². The van der Waals surface area contributed by atoms with Crippen molar-refractivity contribution in [3.05, 3.63) is 35.0 Å². The minimum atomic E-state index is -0.985. The van der Waals surface area contributed by atoms with Gasteiger partial charge in [0.25, 0.3) is 0 Å². The molecule has 1 aliphatic rings. The normalized spacial score (nSPS) is 20.6. The van der Waals surface area contributed by atoms with Crippen LogP contribution in [-0.2, 0) is 11.8 Å². The molecule has 3 rings (SSSR count). The van der Waals surface area contributed by atoms with Crippen LogP contribution in [0.4, 0.5) is 5.00 Å². The zero-order chi connectivity index (χ0) is 14.3. The highest BCUT2D eigenvalue weighted by Gasteiger charge is 2.44. The van der Waals surface area contributed by atoms with Gasteiger partial charge < -0.3 is 10.4 Å². The largest absolute Gasteiger partial charge is 0.478 e. The fourth-order valence-corrected chi connectivity index (χ4v) is 2.99. The number of rotatable bonds is 4. The SMILES string of the molecule is Cn1cc(C2CC2C(=O)Nc2cc(C(=O)O)cs2)cn1. The summed E-state index contributed by atoms with van der Waals surface area (Å²) in [5.41, 5.74) is 1.27. The van der Waals surface area contributed by atoms with E-state index in [0.29, 0.717) is 5.00 Å². The molecule has 0 spiro atoms. The number of aryl methyl sites for hydroxylation is 1. The van der Waals surface area contributed by atoms with Crippen molar-refractivity contribution in [3.8, 4) is 0 Å². The molecule has 20 heavy (non-hydrogen) atoms. The highest BCUT2D eigenvalue weighted by atomic mass is 32.1. The van der Waals surface area contributed by atoms with Crippen LogP contribution in [-0.4, -0.2) is 26.8 Å². The van der Waals surface area contributed by atoms with Gasteiger partial charge >= 0.3 is 5.97 Å². The van der Waals surface area contributed by atoms with Crippen molar-refractivity contribution in [2.24, 2.45) is 13.0 Å². The summed E-state index contributed by atoms with van der Waals surface area (Å²) in [7, 11) is 1.85. The first-order chi connectivity index (χ1) is 9.54. The van der Waals surface area contributed by atoms with Crippen molar-refractivity contribution in [3.63, 3.8) is 0 Å². The predicted octanol–water partition coefficient (Wildman–Crippen LogP) is 1.92. The third kappa shape index (κ3) is 2.44. The summed E-state index contributed by atoms with van der Waals surface area (Å²) in [6.07, 6.45) is 4.52. The molecule has 2 aromatic rings. The number of nitrogens with zero attached hydrogens (tertiary/aromatic N) is 2. The topological polar surface area (TPSA) is 84.2 Å². The molecule has 1 aliphatic carbocycles. The first-order valence-corrected chi connectivity index (χ1v) is 7.04. The Morgan fingerprint density at radius 1 is 1.55 bits per heavy atom. The van der Waals surface area contributed by atoms with Gasteiger partial charge in [-0.15, -0.1) is 11.3 Å². The molecule has 1 amide bonds. The Labute approximate surface area is 119 Å². The number of carbonyl (C=O) groups is 2. The van der Waals surface area contributed by atoms with E-state index >= 15 is 0 Å². The van der Waals surface area contributed by atoms with E-state index in [1.54, 1.807) is 10.9 Å². The van der Waals surface area contributed by atoms with Crippen LogP contribution < -0.4 is 5.32 Å². The molecule has 0 radical (unpaired) electrons. The number of hydrogen-bond donors (Lipinski definition) is 2. The van der Waals surface area contributed by atoms with Gasteiger partial charge in [-0.25, -0.2) is 4.79 Å².